The summed E-state index contributed by atoms with van der Waals surface area (Å²) >= 11 is 0. The first-order chi connectivity index (χ1) is 25.8. The van der Waals surface area contributed by atoms with Gasteiger partial charge < -0.3 is 24.7 Å². The van der Waals surface area contributed by atoms with Gasteiger partial charge in [0.15, 0.2) is 0 Å². The van der Waals surface area contributed by atoms with Gasteiger partial charge in [-0.1, -0.05) is 86.3 Å². The van der Waals surface area contributed by atoms with Gasteiger partial charge in [-0.15, -0.1) is 0 Å². The smallest absolute Gasteiger partial charge is 0.292 e. The predicted octanol–water partition coefficient (Wildman–Crippen LogP) is 6.42. The zero-order valence-corrected chi connectivity index (χ0v) is 31.2. The molecule has 1 unspecified atom stereocenters. The van der Waals surface area contributed by atoms with Crippen LogP contribution in [-0.2, 0) is 41.2 Å². The number of Topliss-reactive ketones (excluding diaryl/α,β-unsaturated/α-hetero) is 2. The first-order valence-electron chi connectivity index (χ1n) is 15.5. The monoisotopic (exact) mass is 909 g/mol. The van der Waals surface area contributed by atoms with Crippen LogP contribution in [-0.4, -0.2) is 48.1 Å². The van der Waals surface area contributed by atoms with Gasteiger partial charge in [-0.05, 0) is 64.1 Å². The van der Waals surface area contributed by atoms with E-state index in [0.29, 0.717) is 0 Å². The fraction of sp³-hybridized carbons (Fsp3) is 0.0714. The molecule has 12 nitrogen and oxygen atoms in total. The van der Waals surface area contributed by atoms with Gasteiger partial charge >= 0.3 is 0 Å². The van der Waals surface area contributed by atoms with Crippen molar-refractivity contribution in [1.29, 1.82) is 0 Å². The molecule has 0 saturated carbocycles. The largest absolute Gasteiger partial charge is 0.545 e. The number of benzene rings is 3. The van der Waals surface area contributed by atoms with E-state index in [1.54, 1.807) is 12.3 Å². The molecule has 0 saturated heterocycles. The number of nitrogens with two attached hydrogens (primary N) is 1. The second-order valence-electron chi connectivity index (χ2n) is 10.9. The minimum absolute atomic E-state index is 0. The van der Waals surface area contributed by atoms with Crippen molar-refractivity contribution in [3.63, 3.8) is 0 Å². The number of anilines is 1. The molecule has 1 aliphatic carbocycles. The zero-order valence-electron chi connectivity index (χ0n) is 28.5. The molecule has 7 rings (SSSR count). The van der Waals surface area contributed by atoms with E-state index < -0.39 is 22.2 Å². The summed E-state index contributed by atoms with van der Waals surface area (Å²) in [6, 6.07) is 29.7. The van der Waals surface area contributed by atoms with Crippen LogP contribution < -0.4 is 10.3 Å². The molecule has 13 heteroatoms. The fourth-order valence-corrected chi connectivity index (χ4v) is 5.67. The summed E-state index contributed by atoms with van der Waals surface area (Å²) in [4.78, 5) is 67.0. The van der Waals surface area contributed by atoms with Gasteiger partial charge in [-0.2, -0.15) is 0 Å². The van der Waals surface area contributed by atoms with Gasteiger partial charge in [0.1, 0.15) is 11.7 Å². The summed E-state index contributed by atoms with van der Waals surface area (Å²) in [6.45, 7) is 9.75. The number of pyridine rings is 2. The average molecular weight is 909 g/mol. The standard InChI is InChI=1S/C24H18N2.C14H11N3O4.3CHO.CH4.Re/c1-3-7-17(8-4-1)19-13-15-25-23-21(19)11-12-22-20(14-16-26-24(22)23)18-9-5-2-6-10-18;1-16-6-2-3-10(8-16)14(19)13(18)9-4-5-11(15)12(7-9)17(20)21;3*1-2;;/h1-11,13-16,23H,12H2;2-8H,1,15H2;3*1H;1H4;/q;;3*-1;;. The molecule has 0 amide bonds. The molecule has 2 aromatic heterocycles. The van der Waals surface area contributed by atoms with E-state index >= 15 is 0 Å². The number of hydrogen-bond acceptors (Lipinski definition) is 10. The van der Waals surface area contributed by atoms with Gasteiger partial charge in [0.2, 0.25) is 11.6 Å². The van der Waals surface area contributed by atoms with Crippen LogP contribution in [0.25, 0.3) is 16.7 Å². The number of hydrogen-bond donors (Lipinski definition) is 1. The zero-order chi connectivity index (χ0) is 38.9. The van der Waals surface area contributed by atoms with E-state index in [4.69, 9.17) is 30.1 Å². The maximum Gasteiger partial charge on any atom is 0.292 e. The molecule has 0 fully saturated rings. The van der Waals surface area contributed by atoms with Crippen molar-refractivity contribution in [1.82, 2.24) is 4.98 Å². The number of rotatable bonds is 6. The molecule has 281 valence electrons. The Labute approximate surface area is 333 Å². The molecular formula is C42H36N5O7Re-3. The van der Waals surface area contributed by atoms with Crippen LogP contribution in [0.1, 0.15) is 51.0 Å². The average Bonchev–Trinajstić information content (AvgIpc) is 3.23. The van der Waals surface area contributed by atoms with Crippen LogP contribution in [0.5, 0.6) is 0 Å². The van der Waals surface area contributed by atoms with Crippen LogP contribution >= 0.6 is 0 Å². The third kappa shape index (κ3) is 11.1. The Balaban J connectivity index is 0.000000478. The van der Waals surface area contributed by atoms with E-state index in [2.05, 4.69) is 106 Å². The molecular weight excluding hydrogens is 873 g/mol. The van der Waals surface area contributed by atoms with Gasteiger partial charge in [0.05, 0.1) is 23.0 Å². The van der Waals surface area contributed by atoms with E-state index in [9.17, 15) is 19.7 Å². The van der Waals surface area contributed by atoms with Crippen molar-refractivity contribution in [2.75, 3.05) is 5.73 Å². The summed E-state index contributed by atoms with van der Waals surface area (Å²) in [7, 11) is 3.59. The topological polar surface area (TPSA) is 184 Å². The molecule has 2 aliphatic rings. The van der Waals surface area contributed by atoms with Gasteiger partial charge in [0, 0.05) is 57.1 Å². The number of dihydropyridines is 1. The second-order valence-corrected chi connectivity index (χ2v) is 10.9. The van der Waals surface area contributed by atoms with E-state index in [-0.39, 0.29) is 50.7 Å². The maximum atomic E-state index is 12.1. The Bertz CT molecular complexity index is 2170. The summed E-state index contributed by atoms with van der Waals surface area (Å²) in [5.74, 6) is -1.61. The number of carbonyl (C=O) groups excluding carboxylic acids is 5. The van der Waals surface area contributed by atoms with Crippen LogP contribution in [0.3, 0.4) is 0 Å². The summed E-state index contributed by atoms with van der Waals surface area (Å²) in [5.41, 5.74) is 13.7. The Hall–Kier alpha value is -6.81. The molecule has 2 N–H and O–H groups in total. The number of aliphatic imine (C=N–C) groups is 1. The number of nitrogens with zero attached hydrogens (tertiary/aromatic N) is 4. The summed E-state index contributed by atoms with van der Waals surface area (Å²) in [6.07, 6.45) is 12.2. The quantitative estimate of drug-likeness (QED) is 0.0294. The van der Waals surface area contributed by atoms with E-state index in [1.807, 2.05) is 12.4 Å². The SMILES string of the molecule is C.C1=NC2C(=CCc3c(-c4ccccc4)ccnc32)C(c2ccccc2)=C1.[CH-]=O.[CH-]=O.[CH-]=O.[CH2-][n+]1cccc(C(=O)C(=O)c2ccc(N)c([N+](=O)[O-])c2)c1.[Re]. The fourth-order valence-electron chi connectivity index (χ4n) is 5.67. The number of ketones is 2. The minimum Gasteiger partial charge on any atom is -0.545 e. The van der Waals surface area contributed by atoms with Gasteiger partial charge in [0.25, 0.3) is 5.69 Å². The van der Waals surface area contributed by atoms with Crippen molar-refractivity contribution in [3.05, 3.63) is 178 Å². The number of nitro benzene ring substituents is 1. The Morgan fingerprint density at radius 1 is 0.836 bits per heavy atom. The molecule has 1 atom stereocenters. The van der Waals surface area contributed by atoms with Crippen molar-refractivity contribution in [2.45, 2.75) is 19.9 Å². The molecule has 0 bridgehead atoms. The Kier molecular flexibility index (Phi) is 19.3. The minimum atomic E-state index is -0.843. The van der Waals surface area contributed by atoms with Crippen LogP contribution in [0.2, 0.25) is 0 Å². The Morgan fingerprint density at radius 2 is 1.44 bits per heavy atom. The van der Waals surface area contributed by atoms with Crippen LogP contribution in [0, 0.1) is 17.2 Å². The second kappa shape index (κ2) is 23.0. The van der Waals surface area contributed by atoms with E-state index in [0.717, 1.165) is 18.2 Å². The molecule has 1 aliphatic heterocycles. The van der Waals surface area contributed by atoms with Crippen molar-refractivity contribution >= 4 is 55.1 Å². The molecule has 3 aromatic carbocycles. The molecule has 3 heterocycles. The Morgan fingerprint density at radius 3 is 2.04 bits per heavy atom. The van der Waals surface area contributed by atoms with Crippen molar-refractivity contribution < 1.29 is 53.9 Å². The number of allylic oxidation sites excluding steroid dienone is 2. The number of carbonyl (C=O) groups is 2. The predicted molar refractivity (Wildman–Crippen MR) is 208 cm³/mol. The summed E-state index contributed by atoms with van der Waals surface area (Å²) < 4.78 is 1.38. The number of nitro groups is 1. The van der Waals surface area contributed by atoms with Gasteiger partial charge in [-0.3, -0.25) is 50.0 Å². The van der Waals surface area contributed by atoms with Crippen LogP contribution in [0.4, 0.5) is 11.4 Å². The summed E-state index contributed by atoms with van der Waals surface area (Å²) in [5, 5.41) is 10.8. The number of nitrogen functional groups attached to an aromatic ring is 1. The maximum absolute atomic E-state index is 12.1. The molecule has 0 spiro atoms. The van der Waals surface area contributed by atoms with Crippen molar-refractivity contribution in [2.24, 2.45) is 4.99 Å². The molecule has 1 radical (unpaired) electrons. The van der Waals surface area contributed by atoms with Gasteiger partial charge in [-0.25, -0.2) is 0 Å². The van der Waals surface area contributed by atoms with Crippen molar-refractivity contribution in [3.8, 4) is 11.1 Å². The molecule has 55 heavy (non-hydrogen) atoms. The number of aromatic nitrogens is 2. The number of fused-ring (bicyclic) bond motifs is 3. The first kappa shape index (κ1) is 46.2. The van der Waals surface area contributed by atoms with E-state index in [1.165, 1.54) is 62.4 Å². The van der Waals surface area contributed by atoms with Crippen LogP contribution in [0.15, 0.2) is 138 Å². The first-order valence-corrected chi connectivity index (χ1v) is 15.5. The third-order valence-electron chi connectivity index (χ3n) is 7.94. The molecule has 5 aromatic rings. The third-order valence-corrected chi connectivity index (χ3v) is 7.94. The normalized spacial score (nSPS) is 12.5.